The normalized spacial score (nSPS) is 16.7. The molecule has 1 aromatic rings. The zero-order chi connectivity index (χ0) is 13.5. The van der Waals surface area contributed by atoms with E-state index in [9.17, 15) is 0 Å². The molecule has 19 heavy (non-hydrogen) atoms. The summed E-state index contributed by atoms with van der Waals surface area (Å²) in [5, 5.41) is 4.25. The van der Waals surface area contributed by atoms with Gasteiger partial charge < -0.3 is 10.1 Å². The number of hydrogen-bond donors (Lipinski definition) is 1. The maximum absolute atomic E-state index is 5.99. The van der Waals surface area contributed by atoms with Crippen molar-refractivity contribution in [1.82, 2.24) is 10.2 Å². The Morgan fingerprint density at radius 2 is 2.11 bits per heavy atom. The van der Waals surface area contributed by atoms with Gasteiger partial charge in [-0.15, -0.1) is 0 Å². The van der Waals surface area contributed by atoms with Crippen LogP contribution in [0.15, 0.2) is 22.7 Å². The third-order valence-corrected chi connectivity index (χ3v) is 4.26. The third-order valence-electron chi connectivity index (χ3n) is 3.25. The molecule has 0 aromatic heterocycles. The predicted molar refractivity (Wildman–Crippen MR) is 82.7 cm³/mol. The van der Waals surface area contributed by atoms with Crippen LogP contribution in [-0.4, -0.2) is 44.3 Å². The number of morpholine rings is 1. The van der Waals surface area contributed by atoms with Crippen molar-refractivity contribution in [2.45, 2.75) is 13.0 Å². The number of halogens is 2. The first-order chi connectivity index (χ1) is 9.25. The van der Waals surface area contributed by atoms with Crippen LogP contribution in [0.3, 0.4) is 0 Å². The van der Waals surface area contributed by atoms with Gasteiger partial charge in [-0.2, -0.15) is 0 Å². The topological polar surface area (TPSA) is 24.5 Å². The standard InChI is InChI=1S/C14H20BrClN2O/c15-14-3-2-13(16)10-12(14)11-17-4-1-5-18-6-8-19-9-7-18/h2-3,10,17H,1,4-9,11H2. The maximum atomic E-state index is 5.99. The summed E-state index contributed by atoms with van der Waals surface area (Å²) >= 11 is 9.53. The average Bonchev–Trinajstić information content (AvgIpc) is 2.43. The molecule has 1 aromatic carbocycles. The lowest BCUT2D eigenvalue weighted by molar-refractivity contribution is 0.0374. The zero-order valence-electron chi connectivity index (χ0n) is 11.0. The van der Waals surface area contributed by atoms with E-state index in [2.05, 4.69) is 26.1 Å². The molecule has 5 heteroatoms. The summed E-state index contributed by atoms with van der Waals surface area (Å²) in [6.45, 7) is 6.92. The first kappa shape index (κ1) is 15.3. The Bertz CT molecular complexity index is 397. The maximum Gasteiger partial charge on any atom is 0.0594 e. The second-order valence-corrected chi connectivity index (χ2v) is 6.01. The highest BCUT2D eigenvalue weighted by molar-refractivity contribution is 9.10. The molecule has 106 valence electrons. The number of benzene rings is 1. The van der Waals surface area contributed by atoms with Crippen LogP contribution in [0.4, 0.5) is 0 Å². The number of hydrogen-bond acceptors (Lipinski definition) is 3. The Morgan fingerprint density at radius 3 is 2.89 bits per heavy atom. The summed E-state index contributed by atoms with van der Waals surface area (Å²) in [6, 6.07) is 5.89. The molecule has 0 bridgehead atoms. The summed E-state index contributed by atoms with van der Waals surface area (Å²) in [6.07, 6.45) is 1.16. The minimum absolute atomic E-state index is 0.785. The Hall–Kier alpha value is -0.130. The van der Waals surface area contributed by atoms with Gasteiger partial charge >= 0.3 is 0 Å². The van der Waals surface area contributed by atoms with E-state index in [-0.39, 0.29) is 0 Å². The van der Waals surface area contributed by atoms with E-state index in [1.807, 2.05) is 18.2 Å². The van der Waals surface area contributed by atoms with Crippen LogP contribution in [0, 0.1) is 0 Å². The van der Waals surface area contributed by atoms with E-state index in [0.29, 0.717) is 0 Å². The first-order valence-corrected chi connectivity index (χ1v) is 7.87. The predicted octanol–water partition coefficient (Wildman–Crippen LogP) is 2.91. The molecule has 1 aliphatic heterocycles. The number of rotatable bonds is 6. The van der Waals surface area contributed by atoms with Crippen molar-refractivity contribution >= 4 is 27.5 Å². The van der Waals surface area contributed by atoms with Crippen molar-refractivity contribution in [3.63, 3.8) is 0 Å². The molecule has 2 rings (SSSR count). The molecule has 0 unspecified atom stereocenters. The second kappa shape index (κ2) is 8.22. The molecule has 0 radical (unpaired) electrons. The van der Waals surface area contributed by atoms with Gasteiger partial charge in [-0.1, -0.05) is 27.5 Å². The van der Waals surface area contributed by atoms with Crippen LogP contribution in [0.2, 0.25) is 5.02 Å². The van der Waals surface area contributed by atoms with Crippen LogP contribution in [0.1, 0.15) is 12.0 Å². The van der Waals surface area contributed by atoms with Gasteiger partial charge in [0.1, 0.15) is 0 Å². The highest BCUT2D eigenvalue weighted by Gasteiger charge is 2.09. The number of nitrogens with zero attached hydrogens (tertiary/aromatic N) is 1. The highest BCUT2D eigenvalue weighted by Crippen LogP contribution is 2.20. The summed E-state index contributed by atoms with van der Waals surface area (Å²) in [5.41, 5.74) is 1.21. The Kier molecular flexibility index (Phi) is 6.61. The zero-order valence-corrected chi connectivity index (χ0v) is 13.3. The molecule has 1 heterocycles. The van der Waals surface area contributed by atoms with E-state index < -0.39 is 0 Å². The van der Waals surface area contributed by atoms with E-state index in [1.165, 1.54) is 5.56 Å². The molecular formula is C14H20BrClN2O. The van der Waals surface area contributed by atoms with E-state index in [0.717, 1.165) is 61.9 Å². The number of nitrogens with one attached hydrogen (secondary N) is 1. The van der Waals surface area contributed by atoms with Crippen molar-refractivity contribution in [3.05, 3.63) is 33.3 Å². The minimum Gasteiger partial charge on any atom is -0.379 e. The Morgan fingerprint density at radius 1 is 1.32 bits per heavy atom. The second-order valence-electron chi connectivity index (χ2n) is 4.72. The lowest BCUT2D eigenvalue weighted by Gasteiger charge is -2.26. The molecule has 1 fully saturated rings. The van der Waals surface area contributed by atoms with E-state index in [1.54, 1.807) is 0 Å². The molecule has 0 spiro atoms. The van der Waals surface area contributed by atoms with Crippen LogP contribution in [0.5, 0.6) is 0 Å². The Labute approximate surface area is 128 Å². The molecule has 0 atom stereocenters. The van der Waals surface area contributed by atoms with Gasteiger partial charge in [0.05, 0.1) is 13.2 Å². The molecule has 0 saturated carbocycles. The lowest BCUT2D eigenvalue weighted by Crippen LogP contribution is -2.37. The van der Waals surface area contributed by atoms with Gasteiger partial charge in [0, 0.05) is 29.1 Å². The number of ether oxygens (including phenoxy) is 1. The van der Waals surface area contributed by atoms with Gasteiger partial charge in [-0.25, -0.2) is 0 Å². The quantitative estimate of drug-likeness (QED) is 0.801. The smallest absolute Gasteiger partial charge is 0.0594 e. The molecule has 1 saturated heterocycles. The molecular weight excluding hydrogens is 328 g/mol. The van der Waals surface area contributed by atoms with E-state index >= 15 is 0 Å². The van der Waals surface area contributed by atoms with Crippen LogP contribution in [0.25, 0.3) is 0 Å². The third kappa shape index (κ3) is 5.40. The Balaban J connectivity index is 1.62. The summed E-state index contributed by atoms with van der Waals surface area (Å²) < 4.78 is 6.44. The van der Waals surface area contributed by atoms with Crippen LogP contribution >= 0.6 is 27.5 Å². The van der Waals surface area contributed by atoms with Crippen molar-refractivity contribution in [3.8, 4) is 0 Å². The van der Waals surface area contributed by atoms with Gasteiger partial charge in [-0.3, -0.25) is 4.90 Å². The monoisotopic (exact) mass is 346 g/mol. The van der Waals surface area contributed by atoms with E-state index in [4.69, 9.17) is 16.3 Å². The summed E-state index contributed by atoms with van der Waals surface area (Å²) in [5.74, 6) is 0. The SMILES string of the molecule is Clc1ccc(Br)c(CNCCCN2CCOCC2)c1. The van der Waals surface area contributed by atoms with Gasteiger partial charge in [-0.05, 0) is 43.3 Å². The van der Waals surface area contributed by atoms with Crippen LogP contribution < -0.4 is 5.32 Å². The highest BCUT2D eigenvalue weighted by atomic mass is 79.9. The fourth-order valence-corrected chi connectivity index (χ4v) is 2.74. The van der Waals surface area contributed by atoms with Crippen molar-refractivity contribution < 1.29 is 4.74 Å². The van der Waals surface area contributed by atoms with Crippen LogP contribution in [-0.2, 0) is 11.3 Å². The van der Waals surface area contributed by atoms with Crippen molar-refractivity contribution in [1.29, 1.82) is 0 Å². The average molecular weight is 348 g/mol. The summed E-state index contributed by atoms with van der Waals surface area (Å²) in [4.78, 5) is 2.46. The fourth-order valence-electron chi connectivity index (χ4n) is 2.15. The summed E-state index contributed by atoms with van der Waals surface area (Å²) in [7, 11) is 0. The first-order valence-electron chi connectivity index (χ1n) is 6.70. The molecule has 3 nitrogen and oxygen atoms in total. The molecule has 1 N–H and O–H groups in total. The molecule has 0 aliphatic carbocycles. The largest absolute Gasteiger partial charge is 0.379 e. The fraction of sp³-hybridized carbons (Fsp3) is 0.571. The molecule has 0 amide bonds. The lowest BCUT2D eigenvalue weighted by atomic mass is 10.2. The van der Waals surface area contributed by atoms with Gasteiger partial charge in [0.15, 0.2) is 0 Å². The van der Waals surface area contributed by atoms with Crippen molar-refractivity contribution in [2.75, 3.05) is 39.4 Å². The molecule has 1 aliphatic rings. The van der Waals surface area contributed by atoms with Gasteiger partial charge in [0.2, 0.25) is 0 Å². The van der Waals surface area contributed by atoms with Gasteiger partial charge in [0.25, 0.3) is 0 Å². The van der Waals surface area contributed by atoms with Crippen molar-refractivity contribution in [2.24, 2.45) is 0 Å². The minimum atomic E-state index is 0.785.